The van der Waals surface area contributed by atoms with Crippen LogP contribution in [0.4, 0.5) is 0 Å². The first-order valence-electron chi connectivity index (χ1n) is 8.06. The first-order valence-corrected chi connectivity index (χ1v) is 8.06. The Morgan fingerprint density at radius 3 is 2.53 bits per heavy atom. The fourth-order valence-corrected chi connectivity index (χ4v) is 3.84. The minimum Gasteiger partial charge on any atom is -0.381 e. The largest absolute Gasteiger partial charge is 0.381 e. The van der Waals surface area contributed by atoms with Crippen molar-refractivity contribution in [1.29, 1.82) is 0 Å². The van der Waals surface area contributed by atoms with E-state index in [1.807, 2.05) is 0 Å². The first kappa shape index (κ1) is 15.3. The van der Waals surface area contributed by atoms with Crippen LogP contribution in [0.25, 0.3) is 0 Å². The first-order chi connectivity index (χ1) is 9.03. The number of hydrogen-bond donors (Lipinski definition) is 1. The van der Waals surface area contributed by atoms with E-state index in [0.717, 1.165) is 19.8 Å². The standard InChI is InChI=1S/C16H32N2O/c1-5-17-14-6-9-16(2,3)12-15(14)18(4)13-7-10-19-11-8-13/h13-15,17H,5-12H2,1-4H3. The molecule has 112 valence electrons. The quantitative estimate of drug-likeness (QED) is 0.848. The maximum absolute atomic E-state index is 5.51. The zero-order valence-electron chi connectivity index (χ0n) is 13.2. The lowest BCUT2D eigenvalue weighted by molar-refractivity contribution is -0.00104. The molecular formula is C16H32N2O. The number of nitrogens with one attached hydrogen (secondary N) is 1. The maximum atomic E-state index is 5.51. The summed E-state index contributed by atoms with van der Waals surface area (Å²) in [6.07, 6.45) is 6.39. The maximum Gasteiger partial charge on any atom is 0.0480 e. The Morgan fingerprint density at radius 1 is 1.21 bits per heavy atom. The predicted molar refractivity (Wildman–Crippen MR) is 80.5 cm³/mol. The average Bonchev–Trinajstić information content (AvgIpc) is 2.41. The minimum atomic E-state index is 0.496. The molecule has 1 aliphatic carbocycles. The second kappa shape index (κ2) is 6.55. The van der Waals surface area contributed by atoms with Gasteiger partial charge in [0.1, 0.15) is 0 Å². The monoisotopic (exact) mass is 268 g/mol. The Bertz CT molecular complexity index is 274. The molecule has 2 unspecified atom stereocenters. The molecule has 1 saturated carbocycles. The molecular weight excluding hydrogens is 236 g/mol. The van der Waals surface area contributed by atoms with Gasteiger partial charge in [0.2, 0.25) is 0 Å². The molecule has 2 aliphatic rings. The Hall–Kier alpha value is -0.120. The van der Waals surface area contributed by atoms with Crippen molar-refractivity contribution >= 4 is 0 Å². The molecule has 19 heavy (non-hydrogen) atoms. The average molecular weight is 268 g/mol. The molecule has 1 saturated heterocycles. The lowest BCUT2D eigenvalue weighted by atomic mass is 9.72. The van der Waals surface area contributed by atoms with Crippen molar-refractivity contribution < 1.29 is 4.74 Å². The van der Waals surface area contributed by atoms with Crippen molar-refractivity contribution in [2.75, 3.05) is 26.8 Å². The van der Waals surface area contributed by atoms with E-state index < -0.39 is 0 Å². The summed E-state index contributed by atoms with van der Waals surface area (Å²) in [4.78, 5) is 2.66. The molecule has 3 nitrogen and oxygen atoms in total. The van der Waals surface area contributed by atoms with E-state index in [1.54, 1.807) is 0 Å². The van der Waals surface area contributed by atoms with Crippen LogP contribution in [0.5, 0.6) is 0 Å². The van der Waals surface area contributed by atoms with Gasteiger partial charge in [0, 0.05) is 31.3 Å². The van der Waals surface area contributed by atoms with Gasteiger partial charge in [0.05, 0.1) is 0 Å². The summed E-state index contributed by atoms with van der Waals surface area (Å²) in [6, 6.07) is 2.08. The molecule has 1 N–H and O–H groups in total. The van der Waals surface area contributed by atoms with Crippen molar-refractivity contribution in [3.8, 4) is 0 Å². The fraction of sp³-hybridized carbons (Fsp3) is 1.00. The van der Waals surface area contributed by atoms with E-state index in [4.69, 9.17) is 4.74 Å². The predicted octanol–water partition coefficient (Wildman–Crippen LogP) is 2.65. The number of nitrogens with zero attached hydrogens (tertiary/aromatic N) is 1. The Morgan fingerprint density at radius 2 is 1.89 bits per heavy atom. The van der Waals surface area contributed by atoms with Crippen LogP contribution in [0.2, 0.25) is 0 Å². The molecule has 0 aromatic rings. The summed E-state index contributed by atoms with van der Waals surface area (Å²) in [5, 5.41) is 3.72. The van der Waals surface area contributed by atoms with E-state index in [0.29, 0.717) is 23.5 Å². The van der Waals surface area contributed by atoms with E-state index in [-0.39, 0.29) is 0 Å². The van der Waals surface area contributed by atoms with Crippen LogP contribution >= 0.6 is 0 Å². The van der Waals surface area contributed by atoms with Crippen LogP contribution in [0.15, 0.2) is 0 Å². The summed E-state index contributed by atoms with van der Waals surface area (Å²) in [5.74, 6) is 0. The van der Waals surface area contributed by atoms with Gasteiger partial charge in [-0.15, -0.1) is 0 Å². The second-order valence-electron chi connectivity index (χ2n) is 7.15. The second-order valence-corrected chi connectivity index (χ2v) is 7.15. The summed E-state index contributed by atoms with van der Waals surface area (Å²) < 4.78 is 5.51. The van der Waals surface area contributed by atoms with Gasteiger partial charge in [0.25, 0.3) is 0 Å². The van der Waals surface area contributed by atoms with Gasteiger partial charge >= 0.3 is 0 Å². The van der Waals surface area contributed by atoms with Gasteiger partial charge in [0.15, 0.2) is 0 Å². The van der Waals surface area contributed by atoms with Crippen LogP contribution in [0.1, 0.15) is 52.9 Å². The SMILES string of the molecule is CCNC1CCC(C)(C)CC1N(C)C1CCOCC1. The molecule has 1 heterocycles. The molecule has 2 fully saturated rings. The van der Waals surface area contributed by atoms with Crippen LogP contribution in [-0.4, -0.2) is 49.8 Å². The van der Waals surface area contributed by atoms with Gasteiger partial charge in [-0.1, -0.05) is 20.8 Å². The molecule has 0 aromatic heterocycles. The highest BCUT2D eigenvalue weighted by Gasteiger charge is 2.38. The molecule has 0 spiro atoms. The smallest absolute Gasteiger partial charge is 0.0480 e. The van der Waals surface area contributed by atoms with Crippen molar-refractivity contribution in [1.82, 2.24) is 10.2 Å². The number of ether oxygens (including phenoxy) is 1. The van der Waals surface area contributed by atoms with Crippen LogP contribution in [-0.2, 0) is 4.74 Å². The lowest BCUT2D eigenvalue weighted by Crippen LogP contribution is -2.56. The normalized spacial score (nSPS) is 32.7. The summed E-state index contributed by atoms with van der Waals surface area (Å²) in [7, 11) is 2.34. The van der Waals surface area contributed by atoms with Crippen LogP contribution in [0.3, 0.4) is 0 Å². The van der Waals surface area contributed by atoms with Gasteiger partial charge < -0.3 is 10.1 Å². The van der Waals surface area contributed by atoms with Gasteiger partial charge in [-0.25, -0.2) is 0 Å². The van der Waals surface area contributed by atoms with E-state index >= 15 is 0 Å². The molecule has 2 rings (SSSR count). The van der Waals surface area contributed by atoms with Crippen LogP contribution < -0.4 is 5.32 Å². The highest BCUT2D eigenvalue weighted by molar-refractivity contribution is 4.95. The Balaban J connectivity index is 2.02. The topological polar surface area (TPSA) is 24.5 Å². The van der Waals surface area contributed by atoms with Crippen molar-refractivity contribution in [2.24, 2.45) is 5.41 Å². The molecule has 0 aromatic carbocycles. The van der Waals surface area contributed by atoms with Gasteiger partial charge in [-0.3, -0.25) is 4.90 Å². The third-order valence-electron chi connectivity index (χ3n) is 5.11. The molecule has 0 bridgehead atoms. The highest BCUT2D eigenvalue weighted by atomic mass is 16.5. The van der Waals surface area contributed by atoms with E-state index in [1.165, 1.54) is 32.1 Å². The number of rotatable bonds is 4. The molecule has 0 amide bonds. The van der Waals surface area contributed by atoms with Crippen LogP contribution in [0, 0.1) is 5.41 Å². The molecule has 2 atom stereocenters. The number of hydrogen-bond acceptors (Lipinski definition) is 3. The van der Waals surface area contributed by atoms with Crippen molar-refractivity contribution in [3.05, 3.63) is 0 Å². The summed E-state index contributed by atoms with van der Waals surface area (Å²) >= 11 is 0. The zero-order valence-corrected chi connectivity index (χ0v) is 13.2. The Labute approximate surface area is 119 Å². The lowest BCUT2D eigenvalue weighted by Gasteiger charge is -2.48. The zero-order chi connectivity index (χ0) is 13.9. The minimum absolute atomic E-state index is 0.496. The van der Waals surface area contributed by atoms with Gasteiger partial charge in [-0.05, 0) is 51.1 Å². The third-order valence-corrected chi connectivity index (χ3v) is 5.11. The molecule has 3 heteroatoms. The Kier molecular flexibility index (Phi) is 5.27. The highest BCUT2D eigenvalue weighted by Crippen LogP contribution is 2.38. The van der Waals surface area contributed by atoms with E-state index in [9.17, 15) is 0 Å². The third kappa shape index (κ3) is 3.93. The van der Waals surface area contributed by atoms with Crippen molar-refractivity contribution in [2.45, 2.75) is 71.0 Å². The van der Waals surface area contributed by atoms with Crippen molar-refractivity contribution in [3.63, 3.8) is 0 Å². The fourth-order valence-electron chi connectivity index (χ4n) is 3.84. The molecule has 1 aliphatic heterocycles. The summed E-state index contributed by atoms with van der Waals surface area (Å²) in [6.45, 7) is 10.1. The number of likely N-dealkylation sites (N-methyl/N-ethyl adjacent to an activating group) is 2. The molecule has 0 radical (unpaired) electrons. The van der Waals surface area contributed by atoms with Gasteiger partial charge in [-0.2, -0.15) is 0 Å². The van der Waals surface area contributed by atoms with E-state index in [2.05, 4.69) is 38.0 Å². The summed E-state index contributed by atoms with van der Waals surface area (Å²) in [5.41, 5.74) is 0.496.